The summed E-state index contributed by atoms with van der Waals surface area (Å²) in [5, 5.41) is 4.63. The molecule has 0 aliphatic rings. The first kappa shape index (κ1) is 18.8. The molecule has 2 aromatic carbocycles. The van der Waals surface area contributed by atoms with Crippen molar-refractivity contribution in [3.05, 3.63) is 77.3 Å². The molecule has 0 radical (unpaired) electrons. The van der Waals surface area contributed by atoms with Crippen LogP contribution in [0.1, 0.15) is 12.5 Å². The Kier molecular flexibility index (Phi) is 6.03. The summed E-state index contributed by atoms with van der Waals surface area (Å²) in [6.07, 6.45) is 2.82. The van der Waals surface area contributed by atoms with Gasteiger partial charge in [-0.25, -0.2) is 18.4 Å². The molecule has 0 spiro atoms. The molecule has 8 heteroatoms. The molecule has 1 aromatic heterocycles. The molecular formula is C19H16ClF2N3O2. The lowest BCUT2D eigenvalue weighted by Gasteiger charge is -2.15. The van der Waals surface area contributed by atoms with Crippen molar-refractivity contribution in [3.63, 3.8) is 0 Å². The van der Waals surface area contributed by atoms with Crippen molar-refractivity contribution in [1.29, 1.82) is 0 Å². The molecule has 27 heavy (non-hydrogen) atoms. The highest BCUT2D eigenvalue weighted by Crippen LogP contribution is 2.26. The fourth-order valence-electron chi connectivity index (χ4n) is 2.37. The third-order valence-electron chi connectivity index (χ3n) is 3.68. The van der Waals surface area contributed by atoms with Gasteiger partial charge in [0.15, 0.2) is 5.76 Å². The third-order valence-corrected chi connectivity index (χ3v) is 3.93. The second kappa shape index (κ2) is 8.64. The molecule has 0 atom stereocenters. The number of benzene rings is 2. The first-order valence-corrected chi connectivity index (χ1v) is 8.45. The minimum atomic E-state index is -0.733. The summed E-state index contributed by atoms with van der Waals surface area (Å²) >= 11 is 5.83. The van der Waals surface area contributed by atoms with E-state index in [2.05, 4.69) is 10.1 Å². The zero-order valence-electron chi connectivity index (χ0n) is 14.4. The lowest BCUT2D eigenvalue weighted by atomic mass is 10.1. The quantitative estimate of drug-likeness (QED) is 0.434. The van der Waals surface area contributed by atoms with Gasteiger partial charge in [0.1, 0.15) is 43.3 Å². The van der Waals surface area contributed by atoms with E-state index in [0.29, 0.717) is 16.5 Å². The second-order valence-corrected chi connectivity index (χ2v) is 5.97. The molecule has 0 amide bonds. The van der Waals surface area contributed by atoms with Gasteiger partial charge in [-0.1, -0.05) is 11.6 Å². The molecule has 0 aliphatic carbocycles. The maximum absolute atomic E-state index is 14.3. The largest absolute Gasteiger partial charge is 0.490 e. The van der Waals surface area contributed by atoms with Gasteiger partial charge in [-0.15, -0.1) is 0 Å². The summed E-state index contributed by atoms with van der Waals surface area (Å²) in [4.78, 5) is 3.87. The van der Waals surface area contributed by atoms with Crippen LogP contribution >= 0.6 is 11.6 Å². The van der Waals surface area contributed by atoms with Gasteiger partial charge >= 0.3 is 0 Å². The van der Waals surface area contributed by atoms with E-state index in [1.54, 1.807) is 31.2 Å². The van der Waals surface area contributed by atoms with E-state index in [-0.39, 0.29) is 24.5 Å². The van der Waals surface area contributed by atoms with E-state index in [1.165, 1.54) is 29.5 Å². The van der Waals surface area contributed by atoms with E-state index in [9.17, 15) is 8.78 Å². The molecule has 0 bridgehead atoms. The summed E-state index contributed by atoms with van der Waals surface area (Å²) in [6.45, 7) is 2.06. The molecule has 0 saturated carbocycles. The first-order valence-electron chi connectivity index (χ1n) is 8.07. The Morgan fingerprint density at radius 2 is 1.89 bits per heavy atom. The van der Waals surface area contributed by atoms with Crippen molar-refractivity contribution in [2.45, 2.75) is 6.92 Å². The van der Waals surface area contributed by atoms with Crippen LogP contribution in [0.3, 0.4) is 0 Å². The molecular weight excluding hydrogens is 376 g/mol. The number of rotatable bonds is 7. The van der Waals surface area contributed by atoms with Crippen LogP contribution < -0.4 is 4.74 Å². The number of nitrogens with zero attached hydrogens (tertiary/aromatic N) is 3. The number of hydrogen-bond acceptors (Lipinski definition) is 4. The Balaban J connectivity index is 1.76. The van der Waals surface area contributed by atoms with Gasteiger partial charge in [0.05, 0.1) is 11.3 Å². The van der Waals surface area contributed by atoms with Gasteiger partial charge in [0, 0.05) is 11.1 Å². The van der Waals surface area contributed by atoms with Crippen molar-refractivity contribution in [3.8, 4) is 5.75 Å². The average molecular weight is 392 g/mol. The number of hydrogen-bond donors (Lipinski definition) is 0. The lowest BCUT2D eigenvalue weighted by molar-refractivity contribution is 0.194. The zero-order chi connectivity index (χ0) is 19.2. The van der Waals surface area contributed by atoms with Crippen molar-refractivity contribution >= 4 is 23.1 Å². The van der Waals surface area contributed by atoms with Gasteiger partial charge in [-0.2, -0.15) is 5.10 Å². The maximum Gasteiger partial charge on any atom is 0.150 e. The smallest absolute Gasteiger partial charge is 0.150 e. The van der Waals surface area contributed by atoms with Gasteiger partial charge in [-0.3, -0.25) is 0 Å². The van der Waals surface area contributed by atoms with Crippen LogP contribution in [0.4, 0.5) is 8.78 Å². The van der Waals surface area contributed by atoms with Crippen LogP contribution in [0, 0.1) is 11.6 Å². The fraction of sp³-hybridized carbons (Fsp3) is 0.158. The minimum absolute atomic E-state index is 0.121. The molecule has 5 nitrogen and oxygen atoms in total. The number of ether oxygens (including phenoxy) is 2. The van der Waals surface area contributed by atoms with Crippen LogP contribution in [0.25, 0.3) is 11.5 Å². The van der Waals surface area contributed by atoms with Gasteiger partial charge in [-0.05, 0) is 43.3 Å². The monoisotopic (exact) mass is 391 g/mol. The predicted molar refractivity (Wildman–Crippen MR) is 98.1 cm³/mol. The Morgan fingerprint density at radius 1 is 1.11 bits per heavy atom. The summed E-state index contributed by atoms with van der Waals surface area (Å²) in [5.74, 6) is -0.546. The van der Waals surface area contributed by atoms with Gasteiger partial charge in [0.25, 0.3) is 0 Å². The summed E-state index contributed by atoms with van der Waals surface area (Å²) in [7, 11) is 0. The van der Waals surface area contributed by atoms with E-state index in [0.717, 1.165) is 6.07 Å². The second-order valence-electron chi connectivity index (χ2n) is 5.53. The van der Waals surface area contributed by atoms with Crippen molar-refractivity contribution in [2.24, 2.45) is 0 Å². The topological polar surface area (TPSA) is 49.2 Å². The normalized spacial score (nSPS) is 11.9. The highest BCUT2D eigenvalue weighted by molar-refractivity contribution is 6.30. The van der Waals surface area contributed by atoms with Crippen LogP contribution in [0.2, 0.25) is 5.02 Å². The molecule has 0 aliphatic heterocycles. The first-order chi connectivity index (χ1) is 13.0. The van der Waals surface area contributed by atoms with E-state index >= 15 is 0 Å². The minimum Gasteiger partial charge on any atom is -0.490 e. The Bertz CT molecular complexity index is 929. The standard InChI is InChI=1S/C19H16ClF2N3O2/c1-13(25-12-23-11-24-25)19(17-7-4-15(21)10-18(17)22)27-9-8-26-16-5-2-14(20)3-6-16/h2-7,10-12H,8-9H2,1H3/b19-13-. The Morgan fingerprint density at radius 3 is 2.56 bits per heavy atom. The highest BCUT2D eigenvalue weighted by Gasteiger charge is 2.15. The van der Waals surface area contributed by atoms with E-state index in [1.807, 2.05) is 0 Å². The van der Waals surface area contributed by atoms with E-state index in [4.69, 9.17) is 21.1 Å². The molecule has 3 rings (SSSR count). The molecule has 3 aromatic rings. The van der Waals surface area contributed by atoms with Crippen LogP contribution in [-0.2, 0) is 4.74 Å². The molecule has 1 heterocycles. The predicted octanol–water partition coefficient (Wildman–Crippen LogP) is 4.65. The molecule has 0 saturated heterocycles. The lowest BCUT2D eigenvalue weighted by Crippen LogP contribution is -2.09. The zero-order valence-corrected chi connectivity index (χ0v) is 15.2. The summed E-state index contributed by atoms with van der Waals surface area (Å²) in [6, 6.07) is 10.2. The highest BCUT2D eigenvalue weighted by atomic mass is 35.5. The van der Waals surface area contributed by atoms with Crippen LogP contribution in [0.15, 0.2) is 55.1 Å². The molecule has 0 N–H and O–H groups in total. The van der Waals surface area contributed by atoms with Gasteiger partial charge in [0.2, 0.25) is 0 Å². The molecule has 0 unspecified atom stereocenters. The SMILES string of the molecule is C/C(=C(/OCCOc1ccc(Cl)cc1)c1ccc(F)cc1F)n1cncn1. The average Bonchev–Trinajstić information content (AvgIpc) is 3.18. The van der Waals surface area contributed by atoms with Crippen molar-refractivity contribution < 1.29 is 18.3 Å². The van der Waals surface area contributed by atoms with Crippen LogP contribution in [-0.4, -0.2) is 28.0 Å². The third kappa shape index (κ3) is 4.83. The van der Waals surface area contributed by atoms with Gasteiger partial charge < -0.3 is 9.47 Å². The Hall–Kier alpha value is -2.93. The molecule has 140 valence electrons. The Labute approximate surface area is 159 Å². The molecule has 0 fully saturated rings. The maximum atomic E-state index is 14.3. The number of allylic oxidation sites excluding steroid dienone is 1. The summed E-state index contributed by atoms with van der Waals surface area (Å²) < 4.78 is 40.3. The van der Waals surface area contributed by atoms with Crippen molar-refractivity contribution in [2.75, 3.05) is 13.2 Å². The number of halogens is 3. The van der Waals surface area contributed by atoms with Crippen LogP contribution in [0.5, 0.6) is 5.75 Å². The number of aromatic nitrogens is 3. The fourth-order valence-corrected chi connectivity index (χ4v) is 2.50. The summed E-state index contributed by atoms with van der Waals surface area (Å²) in [5.41, 5.74) is 0.625. The van der Waals surface area contributed by atoms with Crippen molar-refractivity contribution in [1.82, 2.24) is 14.8 Å². The van der Waals surface area contributed by atoms with E-state index < -0.39 is 11.6 Å².